The number of benzene rings is 2. The average Bonchev–Trinajstić information content (AvgIpc) is 2.39. The van der Waals surface area contributed by atoms with E-state index in [1.807, 2.05) is 13.0 Å². The minimum absolute atomic E-state index is 0.157. The van der Waals surface area contributed by atoms with Crippen molar-refractivity contribution < 1.29 is 13.6 Å². The highest BCUT2D eigenvalue weighted by molar-refractivity contribution is 14.1. The molecule has 2 nitrogen and oxygen atoms in total. The van der Waals surface area contributed by atoms with Crippen LogP contribution in [0.15, 0.2) is 30.3 Å². The largest absolute Gasteiger partial charge is 0.319 e. The first-order valence-corrected chi connectivity index (χ1v) is 7.00. The first-order chi connectivity index (χ1) is 9.40. The Hall–Kier alpha value is -1.50. The maximum Gasteiger partial charge on any atom is 0.256 e. The monoisotopic (exact) mass is 387 g/mol. The van der Waals surface area contributed by atoms with E-state index in [-0.39, 0.29) is 11.3 Å². The van der Waals surface area contributed by atoms with Gasteiger partial charge in [0.15, 0.2) is 0 Å². The Balaban J connectivity index is 2.33. The summed E-state index contributed by atoms with van der Waals surface area (Å²) in [4.78, 5) is 12.1. The second-order valence-corrected chi connectivity index (χ2v) is 5.55. The molecule has 0 radical (unpaired) electrons. The quantitative estimate of drug-likeness (QED) is 0.759. The number of amides is 1. The van der Waals surface area contributed by atoms with Crippen molar-refractivity contribution in [1.82, 2.24) is 0 Å². The van der Waals surface area contributed by atoms with Gasteiger partial charge in [0.1, 0.15) is 11.6 Å². The van der Waals surface area contributed by atoms with Crippen LogP contribution < -0.4 is 5.32 Å². The summed E-state index contributed by atoms with van der Waals surface area (Å²) in [5.41, 5.74) is 1.43. The maximum absolute atomic E-state index is 13.7. The van der Waals surface area contributed by atoms with Gasteiger partial charge in [0, 0.05) is 9.64 Å². The molecule has 0 aliphatic rings. The van der Waals surface area contributed by atoms with Crippen molar-refractivity contribution >= 4 is 34.2 Å². The van der Waals surface area contributed by atoms with Crippen LogP contribution in [0.4, 0.5) is 14.5 Å². The highest BCUT2D eigenvalue weighted by Gasteiger charge is 2.14. The van der Waals surface area contributed by atoms with Gasteiger partial charge in [0.05, 0.1) is 11.3 Å². The van der Waals surface area contributed by atoms with Gasteiger partial charge < -0.3 is 5.32 Å². The number of halogens is 3. The number of aryl methyl sites for hydroxylation is 2. The molecule has 104 valence electrons. The maximum atomic E-state index is 13.7. The summed E-state index contributed by atoms with van der Waals surface area (Å²) >= 11 is 2.05. The average molecular weight is 387 g/mol. The fraction of sp³-hybridized carbons (Fsp3) is 0.133. The van der Waals surface area contributed by atoms with Crippen LogP contribution in [0.1, 0.15) is 21.5 Å². The molecular weight excluding hydrogens is 375 g/mol. The van der Waals surface area contributed by atoms with Gasteiger partial charge in [-0.15, -0.1) is 0 Å². The molecule has 0 aliphatic carbocycles. The number of hydrogen-bond donors (Lipinski definition) is 1. The topological polar surface area (TPSA) is 29.1 Å². The zero-order chi connectivity index (χ0) is 14.9. The van der Waals surface area contributed by atoms with E-state index in [1.54, 1.807) is 12.1 Å². The molecular formula is C15H12F2INO. The van der Waals surface area contributed by atoms with E-state index in [4.69, 9.17) is 0 Å². The van der Waals surface area contributed by atoms with E-state index in [1.165, 1.54) is 6.92 Å². The summed E-state index contributed by atoms with van der Waals surface area (Å²) in [6.45, 7) is 3.35. The van der Waals surface area contributed by atoms with Crippen LogP contribution in [0, 0.1) is 29.1 Å². The van der Waals surface area contributed by atoms with Gasteiger partial charge in [-0.3, -0.25) is 4.79 Å². The van der Waals surface area contributed by atoms with Crippen LogP contribution >= 0.6 is 22.6 Å². The molecule has 1 amide bonds. The van der Waals surface area contributed by atoms with Crippen LogP contribution in [-0.2, 0) is 0 Å². The van der Waals surface area contributed by atoms with E-state index >= 15 is 0 Å². The van der Waals surface area contributed by atoms with Crippen LogP contribution in [0.3, 0.4) is 0 Å². The van der Waals surface area contributed by atoms with Crippen LogP contribution in [0.25, 0.3) is 0 Å². The first-order valence-electron chi connectivity index (χ1n) is 5.92. The highest BCUT2D eigenvalue weighted by Crippen LogP contribution is 2.22. The second kappa shape index (κ2) is 5.87. The van der Waals surface area contributed by atoms with Crippen molar-refractivity contribution in [3.8, 4) is 0 Å². The van der Waals surface area contributed by atoms with Crippen LogP contribution in [0.5, 0.6) is 0 Å². The van der Waals surface area contributed by atoms with E-state index in [9.17, 15) is 13.6 Å². The molecule has 2 aromatic carbocycles. The number of carbonyl (C=O) groups excluding carboxylic acids is 1. The Morgan fingerprint density at radius 3 is 2.50 bits per heavy atom. The van der Waals surface area contributed by atoms with Crippen LogP contribution in [0.2, 0.25) is 0 Å². The Bertz CT molecular complexity index is 686. The lowest BCUT2D eigenvalue weighted by Crippen LogP contribution is -2.15. The minimum atomic E-state index is -0.653. The zero-order valence-corrected chi connectivity index (χ0v) is 13.1. The number of anilines is 1. The lowest BCUT2D eigenvalue weighted by molar-refractivity contribution is 0.102. The standard InChI is InChI=1S/C15H12F2INO/c1-8-4-3-5-10(14(8)18)15(20)19-13-7-11(16)9(2)6-12(13)17/h3-7H,1-2H3,(H,19,20). The molecule has 2 rings (SSSR count). The summed E-state index contributed by atoms with van der Waals surface area (Å²) in [5.74, 6) is -1.67. The van der Waals surface area contributed by atoms with Crippen molar-refractivity contribution in [2.24, 2.45) is 0 Å². The van der Waals surface area contributed by atoms with Crippen molar-refractivity contribution in [3.05, 3.63) is 62.2 Å². The SMILES string of the molecule is Cc1cc(F)c(NC(=O)c2cccc(C)c2I)cc1F. The molecule has 0 saturated carbocycles. The lowest BCUT2D eigenvalue weighted by Gasteiger charge is -2.10. The number of carbonyl (C=O) groups is 1. The minimum Gasteiger partial charge on any atom is -0.319 e. The third-order valence-corrected chi connectivity index (χ3v) is 4.36. The summed E-state index contributed by atoms with van der Waals surface area (Å²) < 4.78 is 27.9. The van der Waals surface area contributed by atoms with Gasteiger partial charge in [-0.2, -0.15) is 0 Å². The third-order valence-electron chi connectivity index (χ3n) is 2.93. The van der Waals surface area contributed by atoms with Gasteiger partial charge in [-0.25, -0.2) is 8.78 Å². The predicted molar refractivity (Wildman–Crippen MR) is 82.9 cm³/mol. The Morgan fingerprint density at radius 1 is 1.10 bits per heavy atom. The zero-order valence-electron chi connectivity index (χ0n) is 10.9. The summed E-state index contributed by atoms with van der Waals surface area (Å²) in [5, 5.41) is 2.40. The van der Waals surface area contributed by atoms with E-state index < -0.39 is 17.5 Å². The molecule has 1 N–H and O–H groups in total. The molecule has 0 fully saturated rings. The smallest absolute Gasteiger partial charge is 0.256 e. The molecule has 2 aromatic rings. The first kappa shape index (κ1) is 14.9. The molecule has 0 heterocycles. The van der Waals surface area contributed by atoms with Crippen LogP contribution in [-0.4, -0.2) is 5.91 Å². The number of rotatable bonds is 2. The highest BCUT2D eigenvalue weighted by atomic mass is 127. The molecule has 5 heteroatoms. The van der Waals surface area contributed by atoms with Crippen molar-refractivity contribution in [3.63, 3.8) is 0 Å². The normalized spacial score (nSPS) is 10.4. The predicted octanol–water partition coefficient (Wildman–Crippen LogP) is 4.44. The lowest BCUT2D eigenvalue weighted by atomic mass is 10.1. The summed E-state index contributed by atoms with van der Waals surface area (Å²) in [6, 6.07) is 7.33. The molecule has 0 aromatic heterocycles. The van der Waals surface area contributed by atoms with Gasteiger partial charge in [-0.1, -0.05) is 12.1 Å². The number of nitrogens with one attached hydrogen (secondary N) is 1. The third kappa shape index (κ3) is 2.98. The number of hydrogen-bond acceptors (Lipinski definition) is 1. The van der Waals surface area contributed by atoms with E-state index in [0.717, 1.165) is 21.3 Å². The molecule has 0 unspecified atom stereocenters. The van der Waals surface area contributed by atoms with Gasteiger partial charge in [-0.05, 0) is 59.7 Å². The molecule has 0 atom stereocenters. The molecule has 0 bridgehead atoms. The Morgan fingerprint density at radius 2 is 1.80 bits per heavy atom. The summed E-state index contributed by atoms with van der Waals surface area (Å²) in [7, 11) is 0. The molecule has 0 saturated heterocycles. The molecule has 0 aliphatic heterocycles. The molecule has 0 spiro atoms. The van der Waals surface area contributed by atoms with Gasteiger partial charge >= 0.3 is 0 Å². The van der Waals surface area contributed by atoms with Crippen molar-refractivity contribution in [1.29, 1.82) is 0 Å². The second-order valence-electron chi connectivity index (χ2n) is 4.47. The fourth-order valence-electron chi connectivity index (χ4n) is 1.75. The van der Waals surface area contributed by atoms with Gasteiger partial charge in [0.2, 0.25) is 0 Å². The Labute approximate surface area is 129 Å². The molecule has 20 heavy (non-hydrogen) atoms. The van der Waals surface area contributed by atoms with E-state index in [2.05, 4.69) is 27.9 Å². The Kier molecular flexibility index (Phi) is 4.37. The van der Waals surface area contributed by atoms with E-state index in [0.29, 0.717) is 5.56 Å². The van der Waals surface area contributed by atoms with Crippen molar-refractivity contribution in [2.45, 2.75) is 13.8 Å². The van der Waals surface area contributed by atoms with Gasteiger partial charge in [0.25, 0.3) is 5.91 Å². The van der Waals surface area contributed by atoms with Crippen molar-refractivity contribution in [2.75, 3.05) is 5.32 Å². The fourth-order valence-corrected chi connectivity index (χ4v) is 2.36. The summed E-state index contributed by atoms with van der Waals surface area (Å²) in [6.07, 6.45) is 0.